The largest absolute Gasteiger partial charge is 0.340 e. The van der Waals surface area contributed by atoms with Gasteiger partial charge in [0.15, 0.2) is 5.82 Å². The molecule has 0 saturated heterocycles. The van der Waals surface area contributed by atoms with Crippen LogP contribution in [0.25, 0.3) is 22.3 Å². The summed E-state index contributed by atoms with van der Waals surface area (Å²) in [6.45, 7) is 2.82. The molecule has 0 unspecified atom stereocenters. The first kappa shape index (κ1) is 17.0. The molecule has 27 heavy (non-hydrogen) atoms. The van der Waals surface area contributed by atoms with Crippen molar-refractivity contribution in [2.24, 2.45) is 0 Å². The van der Waals surface area contributed by atoms with Crippen molar-refractivity contribution in [2.75, 3.05) is 5.32 Å². The van der Waals surface area contributed by atoms with Crippen molar-refractivity contribution < 1.29 is 13.6 Å². The Balaban J connectivity index is 1.63. The predicted octanol–water partition coefficient (Wildman–Crippen LogP) is 4.58. The third-order valence-corrected chi connectivity index (χ3v) is 4.35. The van der Waals surface area contributed by atoms with E-state index in [-0.39, 0.29) is 11.4 Å². The fourth-order valence-corrected chi connectivity index (χ4v) is 3.16. The molecule has 136 valence electrons. The van der Waals surface area contributed by atoms with Gasteiger partial charge in [0, 0.05) is 35.1 Å². The van der Waals surface area contributed by atoms with Crippen molar-refractivity contribution in [3.05, 3.63) is 71.8 Å². The standard InChI is InChI=1S/C20H16F2N4O/c1-2-26-17-6-4-3-5-12(17)9-18(26)16-11-19(25-24-16)23-20(27)13-7-14(21)10-15(22)8-13/h3-11H,2H2,1H3,(H2,23,24,25,27). The summed E-state index contributed by atoms with van der Waals surface area (Å²) in [6, 6.07) is 14.4. The molecule has 0 saturated carbocycles. The van der Waals surface area contributed by atoms with Crippen LogP contribution >= 0.6 is 0 Å². The number of halogens is 2. The maximum atomic E-state index is 13.3. The number of carbonyl (C=O) groups is 1. The van der Waals surface area contributed by atoms with Gasteiger partial charge >= 0.3 is 0 Å². The van der Waals surface area contributed by atoms with Gasteiger partial charge in [-0.25, -0.2) is 8.78 Å². The molecule has 2 aromatic carbocycles. The van der Waals surface area contributed by atoms with Crippen LogP contribution in [0, 0.1) is 11.6 Å². The number of nitrogens with one attached hydrogen (secondary N) is 2. The molecule has 0 aliphatic heterocycles. The maximum absolute atomic E-state index is 13.3. The zero-order valence-corrected chi connectivity index (χ0v) is 14.5. The lowest BCUT2D eigenvalue weighted by Gasteiger charge is -2.05. The second-order valence-corrected chi connectivity index (χ2v) is 6.11. The second kappa shape index (κ2) is 6.68. The normalized spacial score (nSPS) is 11.1. The number of aromatic amines is 1. The Bertz CT molecular complexity index is 1130. The predicted molar refractivity (Wildman–Crippen MR) is 99.5 cm³/mol. The average molecular weight is 366 g/mol. The van der Waals surface area contributed by atoms with Crippen molar-refractivity contribution in [3.63, 3.8) is 0 Å². The highest BCUT2D eigenvalue weighted by Gasteiger charge is 2.14. The summed E-state index contributed by atoms with van der Waals surface area (Å²) in [6.07, 6.45) is 0. The summed E-state index contributed by atoms with van der Waals surface area (Å²) < 4.78 is 28.7. The molecular weight excluding hydrogens is 350 g/mol. The van der Waals surface area contributed by atoms with Gasteiger partial charge in [0.1, 0.15) is 11.6 Å². The second-order valence-electron chi connectivity index (χ2n) is 6.11. The molecule has 4 rings (SSSR count). The van der Waals surface area contributed by atoms with E-state index in [1.54, 1.807) is 6.07 Å². The van der Waals surface area contributed by atoms with Crippen molar-refractivity contribution in [1.82, 2.24) is 14.8 Å². The number of amides is 1. The molecule has 7 heteroatoms. The van der Waals surface area contributed by atoms with E-state index in [4.69, 9.17) is 0 Å². The number of hydrogen-bond donors (Lipinski definition) is 2. The van der Waals surface area contributed by atoms with E-state index in [1.165, 1.54) is 0 Å². The molecule has 2 N–H and O–H groups in total. The van der Waals surface area contributed by atoms with Crippen molar-refractivity contribution in [3.8, 4) is 11.4 Å². The van der Waals surface area contributed by atoms with Gasteiger partial charge < -0.3 is 9.88 Å². The Morgan fingerprint density at radius 3 is 2.59 bits per heavy atom. The van der Waals surface area contributed by atoms with Crippen LogP contribution in [0.15, 0.2) is 54.6 Å². The van der Waals surface area contributed by atoms with Crippen LogP contribution < -0.4 is 5.32 Å². The summed E-state index contributed by atoms with van der Waals surface area (Å²) in [5.74, 6) is -1.99. The zero-order chi connectivity index (χ0) is 19.0. The van der Waals surface area contributed by atoms with Gasteiger partial charge in [-0.3, -0.25) is 9.89 Å². The molecule has 1 amide bonds. The summed E-state index contributed by atoms with van der Waals surface area (Å²) in [4.78, 5) is 12.2. The molecule has 2 aromatic heterocycles. The number of nitrogens with zero attached hydrogens (tertiary/aromatic N) is 2. The first-order valence-electron chi connectivity index (χ1n) is 8.46. The molecule has 0 atom stereocenters. The highest BCUT2D eigenvalue weighted by atomic mass is 19.1. The van der Waals surface area contributed by atoms with E-state index in [1.807, 2.05) is 37.3 Å². The average Bonchev–Trinajstić information content (AvgIpc) is 3.24. The van der Waals surface area contributed by atoms with Crippen LogP contribution in [0.3, 0.4) is 0 Å². The molecule has 0 fully saturated rings. The quantitative estimate of drug-likeness (QED) is 0.555. The molecule has 0 aliphatic rings. The number of anilines is 1. The number of benzene rings is 2. The lowest BCUT2D eigenvalue weighted by Crippen LogP contribution is -2.12. The van der Waals surface area contributed by atoms with Crippen LogP contribution in [0.5, 0.6) is 0 Å². The number of para-hydroxylation sites is 1. The number of aryl methyl sites for hydroxylation is 1. The first-order valence-corrected chi connectivity index (χ1v) is 8.46. The minimum Gasteiger partial charge on any atom is -0.340 e. The van der Waals surface area contributed by atoms with Crippen LogP contribution in [0.1, 0.15) is 17.3 Å². The molecule has 0 spiro atoms. The van der Waals surface area contributed by atoms with E-state index in [0.29, 0.717) is 6.07 Å². The van der Waals surface area contributed by atoms with Gasteiger partial charge in [-0.15, -0.1) is 0 Å². The van der Waals surface area contributed by atoms with Gasteiger partial charge in [0.2, 0.25) is 0 Å². The summed E-state index contributed by atoms with van der Waals surface area (Å²) in [7, 11) is 0. The third-order valence-electron chi connectivity index (χ3n) is 4.35. The zero-order valence-electron chi connectivity index (χ0n) is 14.5. The number of H-pyrrole nitrogens is 1. The summed E-state index contributed by atoms with van der Waals surface area (Å²) in [5.41, 5.74) is 2.66. The monoisotopic (exact) mass is 366 g/mol. The van der Waals surface area contributed by atoms with Gasteiger partial charge in [-0.1, -0.05) is 18.2 Å². The molecular formula is C20H16F2N4O. The van der Waals surface area contributed by atoms with Gasteiger partial charge in [0.25, 0.3) is 5.91 Å². The van der Waals surface area contributed by atoms with Crippen LogP contribution in [0.4, 0.5) is 14.6 Å². The van der Waals surface area contributed by atoms with E-state index in [0.717, 1.165) is 41.0 Å². The fourth-order valence-electron chi connectivity index (χ4n) is 3.16. The van der Waals surface area contributed by atoms with E-state index in [2.05, 4.69) is 20.1 Å². The number of carbonyl (C=O) groups excluding carboxylic acids is 1. The Morgan fingerprint density at radius 1 is 1.11 bits per heavy atom. The summed E-state index contributed by atoms with van der Waals surface area (Å²) >= 11 is 0. The van der Waals surface area contributed by atoms with E-state index < -0.39 is 17.5 Å². The lowest BCUT2D eigenvalue weighted by molar-refractivity contribution is 0.102. The minimum atomic E-state index is -0.810. The Labute approximate surface area is 153 Å². The molecule has 0 aliphatic carbocycles. The van der Waals surface area contributed by atoms with Gasteiger partial charge in [-0.05, 0) is 31.2 Å². The maximum Gasteiger partial charge on any atom is 0.257 e. The fraction of sp³-hybridized carbons (Fsp3) is 0.100. The van der Waals surface area contributed by atoms with Crippen molar-refractivity contribution >= 4 is 22.6 Å². The number of aromatic nitrogens is 3. The molecule has 4 aromatic rings. The van der Waals surface area contributed by atoms with Crippen LogP contribution in [0.2, 0.25) is 0 Å². The van der Waals surface area contributed by atoms with Gasteiger partial charge in [-0.2, -0.15) is 5.10 Å². The smallest absolute Gasteiger partial charge is 0.257 e. The van der Waals surface area contributed by atoms with E-state index in [9.17, 15) is 13.6 Å². The third kappa shape index (κ3) is 3.19. The molecule has 5 nitrogen and oxygen atoms in total. The number of hydrogen-bond acceptors (Lipinski definition) is 2. The highest BCUT2D eigenvalue weighted by molar-refractivity contribution is 6.04. The Morgan fingerprint density at radius 2 is 1.85 bits per heavy atom. The lowest BCUT2D eigenvalue weighted by atomic mass is 10.2. The van der Waals surface area contributed by atoms with Gasteiger partial charge in [0.05, 0.1) is 11.4 Å². The molecule has 2 heterocycles. The molecule has 0 radical (unpaired) electrons. The molecule has 0 bridgehead atoms. The highest BCUT2D eigenvalue weighted by Crippen LogP contribution is 2.28. The number of fused-ring (bicyclic) bond motifs is 1. The first-order chi connectivity index (χ1) is 13.0. The van der Waals surface area contributed by atoms with Crippen molar-refractivity contribution in [1.29, 1.82) is 0 Å². The topological polar surface area (TPSA) is 62.7 Å². The minimum absolute atomic E-state index is 0.111. The van der Waals surface area contributed by atoms with Crippen LogP contribution in [-0.2, 0) is 6.54 Å². The SMILES string of the molecule is CCn1c(-c2cc(NC(=O)c3cc(F)cc(F)c3)n[nH]2)cc2ccccc21. The Hall–Kier alpha value is -3.48. The Kier molecular flexibility index (Phi) is 4.19. The summed E-state index contributed by atoms with van der Waals surface area (Å²) in [5, 5.41) is 10.6. The van der Waals surface area contributed by atoms with E-state index >= 15 is 0 Å². The van der Waals surface area contributed by atoms with Crippen LogP contribution in [-0.4, -0.2) is 20.7 Å². The van der Waals surface area contributed by atoms with Crippen molar-refractivity contribution in [2.45, 2.75) is 13.5 Å². The number of rotatable bonds is 4.